The molecule has 0 bridgehead atoms. The van der Waals surface area contributed by atoms with Gasteiger partial charge >= 0.3 is 0 Å². The zero-order chi connectivity index (χ0) is 13.8. The van der Waals surface area contributed by atoms with Crippen molar-refractivity contribution in [1.82, 2.24) is 9.97 Å². The largest absolute Gasteiger partial charge is 0.354 e. The molecule has 0 N–H and O–H groups in total. The molecule has 0 saturated carbocycles. The van der Waals surface area contributed by atoms with E-state index in [2.05, 4.69) is 37.7 Å². The van der Waals surface area contributed by atoms with Gasteiger partial charge in [-0.2, -0.15) is 0 Å². The summed E-state index contributed by atoms with van der Waals surface area (Å²) in [5.41, 5.74) is 0. The van der Waals surface area contributed by atoms with Gasteiger partial charge in [0.15, 0.2) is 0 Å². The van der Waals surface area contributed by atoms with Gasteiger partial charge in [-0.3, -0.25) is 0 Å². The van der Waals surface area contributed by atoms with Crippen molar-refractivity contribution in [2.45, 2.75) is 26.3 Å². The van der Waals surface area contributed by atoms with Gasteiger partial charge < -0.3 is 4.90 Å². The fraction of sp³-hybridized carbons (Fsp3) is 0.385. The highest BCUT2D eigenvalue weighted by Gasteiger charge is 2.09. The smallest absolute Gasteiger partial charge is 0.133 e. The van der Waals surface area contributed by atoms with Gasteiger partial charge in [-0.25, -0.2) is 9.97 Å². The number of aryl methyl sites for hydroxylation is 1. The molecule has 3 nitrogen and oxygen atoms in total. The first-order chi connectivity index (χ1) is 9.08. The summed E-state index contributed by atoms with van der Waals surface area (Å²) in [6.45, 7) is 2.92. The molecular weight excluding hydrogens is 346 g/mol. The van der Waals surface area contributed by atoms with Crippen molar-refractivity contribution in [1.29, 1.82) is 0 Å². The quantitative estimate of drug-likeness (QED) is 0.733. The Balaban J connectivity index is 2.15. The van der Waals surface area contributed by atoms with Gasteiger partial charge in [-0.05, 0) is 34.5 Å². The standard InChI is InChI=1S/C13H15BrClN3S/c1-3-4-12-16-10(14)7-13(17-12)18(2)8-9-5-6-11(15)19-9/h5-7H,3-4,8H2,1-2H3. The number of nitrogens with zero attached hydrogens (tertiary/aromatic N) is 3. The van der Waals surface area contributed by atoms with E-state index in [9.17, 15) is 0 Å². The maximum absolute atomic E-state index is 5.95. The number of hydrogen-bond acceptors (Lipinski definition) is 4. The molecule has 0 atom stereocenters. The number of hydrogen-bond donors (Lipinski definition) is 0. The zero-order valence-electron chi connectivity index (χ0n) is 10.9. The van der Waals surface area contributed by atoms with Crippen LogP contribution >= 0.6 is 38.9 Å². The normalized spacial score (nSPS) is 10.7. The molecule has 0 aliphatic rings. The van der Waals surface area contributed by atoms with E-state index in [-0.39, 0.29) is 0 Å². The van der Waals surface area contributed by atoms with Gasteiger partial charge in [0, 0.05) is 24.4 Å². The molecule has 102 valence electrons. The first kappa shape index (κ1) is 14.8. The summed E-state index contributed by atoms with van der Waals surface area (Å²) >= 11 is 11.0. The van der Waals surface area contributed by atoms with E-state index in [1.54, 1.807) is 11.3 Å². The van der Waals surface area contributed by atoms with Crippen LogP contribution in [0, 0.1) is 0 Å². The summed E-state index contributed by atoms with van der Waals surface area (Å²) < 4.78 is 1.65. The highest BCUT2D eigenvalue weighted by molar-refractivity contribution is 9.10. The van der Waals surface area contributed by atoms with E-state index in [1.807, 2.05) is 25.2 Å². The molecule has 19 heavy (non-hydrogen) atoms. The minimum atomic E-state index is 0.798. The zero-order valence-corrected chi connectivity index (χ0v) is 14.0. The molecule has 0 unspecified atom stereocenters. The van der Waals surface area contributed by atoms with Crippen molar-refractivity contribution < 1.29 is 0 Å². The molecule has 0 aliphatic heterocycles. The van der Waals surface area contributed by atoms with E-state index in [4.69, 9.17) is 11.6 Å². The Hall–Kier alpha value is -0.650. The van der Waals surface area contributed by atoms with E-state index in [0.717, 1.165) is 40.0 Å². The Kier molecular flexibility index (Phi) is 5.19. The second-order valence-electron chi connectivity index (χ2n) is 4.28. The second-order valence-corrected chi connectivity index (χ2v) is 6.89. The Morgan fingerprint density at radius 2 is 2.16 bits per heavy atom. The number of rotatable bonds is 5. The number of thiophene rings is 1. The third kappa shape index (κ3) is 4.16. The van der Waals surface area contributed by atoms with Crippen LogP contribution in [0.4, 0.5) is 5.82 Å². The predicted octanol–water partition coefficient (Wildman–Crippen LogP) is 4.54. The fourth-order valence-electron chi connectivity index (χ4n) is 1.73. The van der Waals surface area contributed by atoms with Gasteiger partial charge in [0.05, 0.1) is 10.9 Å². The van der Waals surface area contributed by atoms with Crippen LogP contribution in [0.2, 0.25) is 4.34 Å². The molecule has 0 aromatic carbocycles. The third-order valence-electron chi connectivity index (χ3n) is 2.61. The van der Waals surface area contributed by atoms with Crippen molar-refractivity contribution in [3.05, 3.63) is 37.8 Å². The molecule has 0 fully saturated rings. The van der Waals surface area contributed by atoms with Crippen LogP contribution in [-0.4, -0.2) is 17.0 Å². The summed E-state index contributed by atoms with van der Waals surface area (Å²) in [5, 5.41) is 0. The van der Waals surface area contributed by atoms with Crippen LogP contribution < -0.4 is 4.90 Å². The lowest BCUT2D eigenvalue weighted by molar-refractivity contribution is 0.809. The minimum Gasteiger partial charge on any atom is -0.354 e. The maximum atomic E-state index is 5.95. The Labute approximate surface area is 130 Å². The lowest BCUT2D eigenvalue weighted by Gasteiger charge is -2.18. The van der Waals surface area contributed by atoms with Crippen LogP contribution in [0.3, 0.4) is 0 Å². The third-order valence-corrected chi connectivity index (χ3v) is 4.24. The molecule has 0 aliphatic carbocycles. The minimum absolute atomic E-state index is 0.798. The van der Waals surface area contributed by atoms with Crippen LogP contribution in [0.1, 0.15) is 24.0 Å². The van der Waals surface area contributed by atoms with Crippen LogP contribution in [0.15, 0.2) is 22.8 Å². The predicted molar refractivity (Wildman–Crippen MR) is 85.2 cm³/mol. The van der Waals surface area contributed by atoms with E-state index in [1.165, 1.54) is 4.88 Å². The molecule has 0 amide bonds. The average Bonchev–Trinajstić information content (AvgIpc) is 2.74. The average molecular weight is 361 g/mol. The van der Waals surface area contributed by atoms with Crippen molar-refractivity contribution in [2.75, 3.05) is 11.9 Å². The summed E-state index contributed by atoms with van der Waals surface area (Å²) in [5.74, 6) is 1.80. The molecule has 0 saturated heterocycles. The van der Waals surface area contributed by atoms with Crippen molar-refractivity contribution in [2.24, 2.45) is 0 Å². The van der Waals surface area contributed by atoms with Crippen LogP contribution in [-0.2, 0) is 13.0 Å². The molecule has 2 aromatic rings. The molecular formula is C13H15BrClN3S. The molecule has 2 rings (SSSR count). The van der Waals surface area contributed by atoms with Gasteiger partial charge in [0.25, 0.3) is 0 Å². The second kappa shape index (κ2) is 6.68. The summed E-state index contributed by atoms with van der Waals surface area (Å²) in [4.78, 5) is 12.3. The Morgan fingerprint density at radius 3 is 2.79 bits per heavy atom. The van der Waals surface area contributed by atoms with Crippen molar-refractivity contribution >= 4 is 44.7 Å². The lowest BCUT2D eigenvalue weighted by atomic mass is 10.3. The van der Waals surface area contributed by atoms with E-state index >= 15 is 0 Å². The topological polar surface area (TPSA) is 29.0 Å². The molecule has 0 spiro atoms. The SMILES string of the molecule is CCCc1nc(Br)cc(N(C)Cc2ccc(Cl)s2)n1. The van der Waals surface area contributed by atoms with Crippen molar-refractivity contribution in [3.63, 3.8) is 0 Å². The number of aromatic nitrogens is 2. The van der Waals surface area contributed by atoms with Crippen molar-refractivity contribution in [3.8, 4) is 0 Å². The monoisotopic (exact) mass is 359 g/mol. The Morgan fingerprint density at radius 1 is 1.37 bits per heavy atom. The highest BCUT2D eigenvalue weighted by Crippen LogP contribution is 2.24. The van der Waals surface area contributed by atoms with Crippen LogP contribution in [0.25, 0.3) is 0 Å². The van der Waals surface area contributed by atoms with Crippen LogP contribution in [0.5, 0.6) is 0 Å². The molecule has 2 heterocycles. The van der Waals surface area contributed by atoms with E-state index < -0.39 is 0 Å². The van der Waals surface area contributed by atoms with Gasteiger partial charge in [0.1, 0.15) is 16.2 Å². The number of anilines is 1. The fourth-order valence-corrected chi connectivity index (χ4v) is 3.28. The summed E-state index contributed by atoms with van der Waals surface area (Å²) in [6.07, 6.45) is 1.94. The molecule has 2 aromatic heterocycles. The summed E-state index contributed by atoms with van der Waals surface area (Å²) in [7, 11) is 2.03. The van der Waals surface area contributed by atoms with E-state index in [0.29, 0.717) is 0 Å². The van der Waals surface area contributed by atoms with Gasteiger partial charge in [-0.1, -0.05) is 18.5 Å². The Bertz CT molecular complexity index is 559. The summed E-state index contributed by atoms with van der Waals surface area (Å²) in [6, 6.07) is 5.91. The maximum Gasteiger partial charge on any atom is 0.133 e. The highest BCUT2D eigenvalue weighted by atomic mass is 79.9. The molecule has 0 radical (unpaired) electrons. The lowest BCUT2D eigenvalue weighted by Crippen LogP contribution is -2.18. The molecule has 6 heteroatoms. The first-order valence-corrected chi connectivity index (χ1v) is 8.06. The van der Waals surface area contributed by atoms with Gasteiger partial charge in [0.2, 0.25) is 0 Å². The first-order valence-electron chi connectivity index (χ1n) is 6.07. The van der Waals surface area contributed by atoms with Gasteiger partial charge in [-0.15, -0.1) is 11.3 Å². The number of halogens is 2.